The van der Waals surface area contributed by atoms with Gasteiger partial charge in [-0.15, -0.1) is 0 Å². The molecule has 3 rings (SSSR count). The summed E-state index contributed by atoms with van der Waals surface area (Å²) in [5.74, 6) is 1.11. The highest BCUT2D eigenvalue weighted by atomic mass is 16.5. The van der Waals surface area contributed by atoms with Crippen molar-refractivity contribution in [2.75, 3.05) is 20.8 Å². The second-order valence-electron chi connectivity index (χ2n) is 7.95. The van der Waals surface area contributed by atoms with E-state index in [-0.39, 0.29) is 23.8 Å². The van der Waals surface area contributed by atoms with Crippen LogP contribution >= 0.6 is 0 Å². The van der Waals surface area contributed by atoms with Crippen molar-refractivity contribution in [2.45, 2.75) is 46.2 Å². The van der Waals surface area contributed by atoms with Gasteiger partial charge in [-0.1, -0.05) is 0 Å². The van der Waals surface area contributed by atoms with Crippen LogP contribution in [-0.2, 0) is 13.0 Å². The van der Waals surface area contributed by atoms with E-state index in [9.17, 15) is 9.59 Å². The Bertz CT molecular complexity index is 935. The zero-order valence-electron chi connectivity index (χ0n) is 18.2. The highest BCUT2D eigenvalue weighted by Crippen LogP contribution is 2.30. The van der Waals surface area contributed by atoms with Gasteiger partial charge in [0.15, 0.2) is 11.5 Å². The van der Waals surface area contributed by atoms with Crippen LogP contribution in [-0.4, -0.2) is 48.4 Å². The van der Waals surface area contributed by atoms with Crippen LogP contribution in [0.2, 0.25) is 0 Å². The van der Waals surface area contributed by atoms with Crippen molar-refractivity contribution in [2.24, 2.45) is 5.92 Å². The first-order valence-electron chi connectivity index (χ1n) is 10.2. The normalized spacial score (nSPS) is 15.5. The number of carbonyl (C=O) groups excluding carboxylic acids is 2. The molecular weight excluding hydrogens is 384 g/mol. The van der Waals surface area contributed by atoms with E-state index in [4.69, 9.17) is 9.47 Å². The summed E-state index contributed by atoms with van der Waals surface area (Å²) < 4.78 is 12.5. The summed E-state index contributed by atoms with van der Waals surface area (Å²) >= 11 is 0. The van der Waals surface area contributed by atoms with Gasteiger partial charge in [-0.2, -0.15) is 5.10 Å². The number of aromatic nitrogens is 2. The van der Waals surface area contributed by atoms with E-state index in [0.717, 1.165) is 24.2 Å². The molecule has 2 amide bonds. The zero-order valence-corrected chi connectivity index (χ0v) is 18.2. The van der Waals surface area contributed by atoms with E-state index in [0.29, 0.717) is 35.6 Å². The number of benzene rings is 1. The van der Waals surface area contributed by atoms with Crippen LogP contribution in [0, 0.1) is 12.8 Å². The summed E-state index contributed by atoms with van der Waals surface area (Å²) in [7, 11) is 3.12. The van der Waals surface area contributed by atoms with E-state index in [1.54, 1.807) is 32.5 Å². The van der Waals surface area contributed by atoms with Crippen LogP contribution in [0.25, 0.3) is 0 Å². The molecule has 30 heavy (non-hydrogen) atoms. The summed E-state index contributed by atoms with van der Waals surface area (Å²) in [6, 6.07) is 3.57. The van der Waals surface area contributed by atoms with Crippen molar-refractivity contribution in [1.29, 1.82) is 0 Å². The lowest BCUT2D eigenvalue weighted by Gasteiger charge is -2.24. The molecule has 0 unspecified atom stereocenters. The summed E-state index contributed by atoms with van der Waals surface area (Å²) in [6.45, 7) is 7.00. The van der Waals surface area contributed by atoms with Gasteiger partial charge in [-0.05, 0) is 57.2 Å². The highest BCUT2D eigenvalue weighted by Gasteiger charge is 2.26. The smallest absolute Gasteiger partial charge is 0.254 e. The molecule has 1 aliphatic heterocycles. The van der Waals surface area contributed by atoms with Crippen LogP contribution in [0.1, 0.15) is 52.2 Å². The topological polar surface area (TPSA) is 94.5 Å². The van der Waals surface area contributed by atoms with Gasteiger partial charge in [0, 0.05) is 24.7 Å². The molecule has 1 aromatic heterocycles. The fraction of sp³-hybridized carbons (Fsp3) is 0.500. The van der Waals surface area contributed by atoms with Crippen LogP contribution in [0.15, 0.2) is 18.3 Å². The average Bonchev–Trinajstić information content (AvgIpc) is 3.14. The van der Waals surface area contributed by atoms with Gasteiger partial charge < -0.3 is 20.1 Å². The first kappa shape index (κ1) is 21.7. The maximum absolute atomic E-state index is 12.8. The van der Waals surface area contributed by atoms with Crippen molar-refractivity contribution in [3.05, 3.63) is 40.7 Å². The summed E-state index contributed by atoms with van der Waals surface area (Å²) in [5.41, 5.74) is 2.93. The van der Waals surface area contributed by atoms with Gasteiger partial charge in [0.2, 0.25) is 0 Å². The molecule has 0 aliphatic carbocycles. The molecule has 8 heteroatoms. The molecule has 0 saturated carbocycles. The molecule has 0 saturated heterocycles. The number of methoxy groups -OCH3 is 2. The molecule has 8 nitrogen and oxygen atoms in total. The Kier molecular flexibility index (Phi) is 6.64. The number of ether oxygens (including phenoxy) is 2. The third-order valence-electron chi connectivity index (χ3n) is 5.37. The molecule has 2 heterocycles. The lowest BCUT2D eigenvalue weighted by atomic mass is 9.94. The number of rotatable bonds is 7. The van der Waals surface area contributed by atoms with E-state index < -0.39 is 0 Å². The van der Waals surface area contributed by atoms with Gasteiger partial charge in [0.25, 0.3) is 11.8 Å². The zero-order chi connectivity index (χ0) is 21.8. The Balaban J connectivity index is 1.66. The lowest BCUT2D eigenvalue weighted by Crippen LogP contribution is -2.35. The number of aryl methyl sites for hydroxylation is 2. The first-order valence-corrected chi connectivity index (χ1v) is 10.2. The number of hydrogen-bond acceptors (Lipinski definition) is 5. The van der Waals surface area contributed by atoms with Crippen molar-refractivity contribution < 1.29 is 19.1 Å². The molecule has 1 atom stereocenters. The van der Waals surface area contributed by atoms with Crippen LogP contribution in [0.3, 0.4) is 0 Å². The van der Waals surface area contributed by atoms with Crippen molar-refractivity contribution in [3.63, 3.8) is 0 Å². The summed E-state index contributed by atoms with van der Waals surface area (Å²) in [5, 5.41) is 10.3. The third-order valence-corrected chi connectivity index (χ3v) is 5.37. The third kappa shape index (κ3) is 4.58. The minimum absolute atomic E-state index is 0.0662. The Hall–Kier alpha value is -3.03. The lowest BCUT2D eigenvalue weighted by molar-refractivity contribution is 0.0929. The van der Waals surface area contributed by atoms with Crippen LogP contribution in [0.5, 0.6) is 11.5 Å². The predicted molar refractivity (Wildman–Crippen MR) is 113 cm³/mol. The molecule has 2 aromatic rings. The van der Waals surface area contributed by atoms with Gasteiger partial charge in [0.1, 0.15) is 0 Å². The maximum atomic E-state index is 12.8. The standard InChI is InChI=1S/C22H30N4O4/c1-13(2)25-22(28)17-12-24-26-7-6-15(9-18(17)26)11-23-21(27)16-10-20(30-5)19(29-4)8-14(16)3/h8,10,12-13,15H,6-7,9,11H2,1-5H3,(H,23,27)(H,25,28)/t15-/m0/s1. The second-order valence-corrected chi connectivity index (χ2v) is 7.95. The molecule has 2 N–H and O–H groups in total. The summed E-state index contributed by atoms with van der Waals surface area (Å²) in [4.78, 5) is 25.2. The Morgan fingerprint density at radius 3 is 2.53 bits per heavy atom. The monoisotopic (exact) mass is 414 g/mol. The quantitative estimate of drug-likeness (QED) is 0.725. The molecule has 1 aliphatic rings. The molecule has 0 spiro atoms. The predicted octanol–water partition coefficient (Wildman–Crippen LogP) is 2.34. The van der Waals surface area contributed by atoms with E-state index in [2.05, 4.69) is 15.7 Å². The Morgan fingerprint density at radius 2 is 1.87 bits per heavy atom. The first-order chi connectivity index (χ1) is 14.3. The van der Waals surface area contributed by atoms with E-state index >= 15 is 0 Å². The van der Waals surface area contributed by atoms with Gasteiger partial charge >= 0.3 is 0 Å². The van der Waals surface area contributed by atoms with Crippen molar-refractivity contribution >= 4 is 11.8 Å². The van der Waals surface area contributed by atoms with Crippen LogP contribution in [0.4, 0.5) is 0 Å². The number of nitrogens with one attached hydrogen (secondary N) is 2. The molecular formula is C22H30N4O4. The largest absolute Gasteiger partial charge is 0.493 e. The molecule has 0 bridgehead atoms. The number of hydrogen-bond donors (Lipinski definition) is 2. The minimum Gasteiger partial charge on any atom is -0.493 e. The fourth-order valence-electron chi connectivity index (χ4n) is 3.76. The van der Waals surface area contributed by atoms with Gasteiger partial charge in [0.05, 0.1) is 31.7 Å². The van der Waals surface area contributed by atoms with Gasteiger partial charge in [-0.25, -0.2) is 0 Å². The summed E-state index contributed by atoms with van der Waals surface area (Å²) in [6.07, 6.45) is 3.23. The fourth-order valence-corrected chi connectivity index (χ4v) is 3.76. The number of fused-ring (bicyclic) bond motifs is 1. The van der Waals surface area contributed by atoms with Crippen LogP contribution < -0.4 is 20.1 Å². The number of nitrogens with zero attached hydrogens (tertiary/aromatic N) is 2. The SMILES string of the molecule is COc1cc(C)c(C(=O)NC[C@H]2CCn3ncc(C(=O)NC(C)C)c3C2)cc1OC. The average molecular weight is 415 g/mol. The van der Waals surface area contributed by atoms with E-state index in [1.165, 1.54) is 0 Å². The molecule has 0 radical (unpaired) electrons. The Labute approximate surface area is 176 Å². The molecule has 162 valence electrons. The van der Waals surface area contributed by atoms with Gasteiger partial charge in [-0.3, -0.25) is 14.3 Å². The second kappa shape index (κ2) is 9.19. The minimum atomic E-state index is -0.148. The van der Waals surface area contributed by atoms with Crippen molar-refractivity contribution in [3.8, 4) is 11.5 Å². The highest BCUT2D eigenvalue weighted by molar-refractivity contribution is 5.96. The molecule has 1 aromatic carbocycles. The maximum Gasteiger partial charge on any atom is 0.254 e. The number of carbonyl (C=O) groups is 2. The number of amides is 2. The van der Waals surface area contributed by atoms with Crippen molar-refractivity contribution in [1.82, 2.24) is 20.4 Å². The molecule has 0 fully saturated rings. The Morgan fingerprint density at radius 1 is 1.17 bits per heavy atom. The van der Waals surface area contributed by atoms with E-state index in [1.807, 2.05) is 25.5 Å².